The zero-order valence-corrected chi connectivity index (χ0v) is 16.9. The Bertz CT molecular complexity index is 983. The van der Waals surface area contributed by atoms with Crippen molar-refractivity contribution in [1.82, 2.24) is 5.01 Å². The van der Waals surface area contributed by atoms with E-state index in [1.165, 1.54) is 0 Å². The monoisotopic (exact) mass is 401 g/mol. The fourth-order valence-corrected chi connectivity index (χ4v) is 3.67. The lowest BCUT2D eigenvalue weighted by molar-refractivity contribution is -0.132. The van der Waals surface area contributed by atoms with Crippen LogP contribution in [0.2, 0.25) is 0 Å². The smallest absolute Gasteiger partial charge is 0.242 e. The minimum absolute atomic E-state index is 0.0498. The van der Waals surface area contributed by atoms with Gasteiger partial charge in [-0.3, -0.25) is 9.52 Å². The highest BCUT2D eigenvalue weighted by atomic mass is 32.2. The number of rotatable bonds is 6. The summed E-state index contributed by atoms with van der Waals surface area (Å²) in [6, 6.07) is 14.4. The maximum atomic E-state index is 12.4. The van der Waals surface area contributed by atoms with E-state index in [4.69, 9.17) is 4.74 Å². The second-order valence-corrected chi connectivity index (χ2v) is 8.33. The normalized spacial score (nSPS) is 16.6. The second kappa shape index (κ2) is 8.02. The number of amides is 1. The van der Waals surface area contributed by atoms with E-state index in [0.717, 1.165) is 28.8 Å². The van der Waals surface area contributed by atoms with Crippen LogP contribution in [0, 0.1) is 0 Å². The van der Waals surface area contributed by atoms with Crippen LogP contribution >= 0.6 is 0 Å². The van der Waals surface area contributed by atoms with Gasteiger partial charge in [0.15, 0.2) is 0 Å². The standard InChI is InChI=1S/C20H23N3O4S/c1-4-20(24)23-19(15-7-11-17(27-2)12-8-15)13-18(21-23)14-5-9-16(10-6-14)22-28(3,25)26/h5-12,19,22H,4,13H2,1-3H3. The Kier molecular flexibility index (Phi) is 5.69. The van der Waals surface area contributed by atoms with Crippen LogP contribution in [0.15, 0.2) is 53.6 Å². The molecule has 0 saturated carbocycles. The molecule has 0 radical (unpaired) electrons. The summed E-state index contributed by atoms with van der Waals surface area (Å²) >= 11 is 0. The maximum Gasteiger partial charge on any atom is 0.242 e. The van der Waals surface area contributed by atoms with Gasteiger partial charge in [-0.25, -0.2) is 13.4 Å². The van der Waals surface area contributed by atoms with E-state index in [-0.39, 0.29) is 11.9 Å². The number of anilines is 1. The molecule has 28 heavy (non-hydrogen) atoms. The van der Waals surface area contributed by atoms with Gasteiger partial charge in [0.05, 0.1) is 25.1 Å². The highest BCUT2D eigenvalue weighted by molar-refractivity contribution is 7.92. The van der Waals surface area contributed by atoms with Crippen LogP contribution in [0.5, 0.6) is 5.75 Å². The molecule has 1 amide bonds. The molecule has 2 aromatic rings. The molecule has 8 heteroatoms. The summed E-state index contributed by atoms with van der Waals surface area (Å²) in [5.74, 6) is 0.705. The van der Waals surface area contributed by atoms with Gasteiger partial charge >= 0.3 is 0 Å². The number of hydrogen-bond acceptors (Lipinski definition) is 5. The molecule has 7 nitrogen and oxygen atoms in total. The predicted molar refractivity (Wildman–Crippen MR) is 109 cm³/mol. The molecule has 3 rings (SSSR count). The lowest BCUT2D eigenvalue weighted by atomic mass is 9.98. The second-order valence-electron chi connectivity index (χ2n) is 6.58. The number of benzene rings is 2. The molecule has 1 aliphatic rings. The molecule has 1 atom stereocenters. The minimum Gasteiger partial charge on any atom is -0.497 e. The molecular weight excluding hydrogens is 378 g/mol. The number of carbonyl (C=O) groups excluding carboxylic acids is 1. The van der Waals surface area contributed by atoms with Gasteiger partial charge in [0.1, 0.15) is 5.75 Å². The highest BCUT2D eigenvalue weighted by Gasteiger charge is 2.32. The first-order chi connectivity index (χ1) is 13.3. The summed E-state index contributed by atoms with van der Waals surface area (Å²) in [7, 11) is -1.71. The van der Waals surface area contributed by atoms with Crippen molar-refractivity contribution in [2.24, 2.45) is 5.10 Å². The number of methoxy groups -OCH3 is 1. The van der Waals surface area contributed by atoms with Crippen molar-refractivity contribution in [3.8, 4) is 5.75 Å². The van der Waals surface area contributed by atoms with Crippen molar-refractivity contribution in [3.05, 3.63) is 59.7 Å². The van der Waals surface area contributed by atoms with Gasteiger partial charge < -0.3 is 4.74 Å². The van der Waals surface area contributed by atoms with Crippen LogP contribution in [0.25, 0.3) is 0 Å². The lowest BCUT2D eigenvalue weighted by Gasteiger charge is -2.21. The highest BCUT2D eigenvalue weighted by Crippen LogP contribution is 2.34. The van der Waals surface area contributed by atoms with Crippen molar-refractivity contribution >= 4 is 27.3 Å². The molecule has 0 saturated heterocycles. The molecule has 1 N–H and O–H groups in total. The van der Waals surface area contributed by atoms with Crippen LogP contribution in [-0.2, 0) is 14.8 Å². The van der Waals surface area contributed by atoms with Gasteiger partial charge in [0.2, 0.25) is 15.9 Å². The Labute approximate surface area is 165 Å². The molecule has 0 aliphatic carbocycles. The van der Waals surface area contributed by atoms with Crippen molar-refractivity contribution in [1.29, 1.82) is 0 Å². The Balaban J connectivity index is 1.86. The fraction of sp³-hybridized carbons (Fsp3) is 0.300. The molecular formula is C20H23N3O4S. The van der Waals surface area contributed by atoms with Gasteiger partial charge in [-0.05, 0) is 35.4 Å². The molecule has 148 valence electrons. The molecule has 0 bridgehead atoms. The average Bonchev–Trinajstić information content (AvgIpc) is 3.12. The van der Waals surface area contributed by atoms with E-state index in [0.29, 0.717) is 18.5 Å². The van der Waals surface area contributed by atoms with Gasteiger partial charge in [0, 0.05) is 18.5 Å². The minimum atomic E-state index is -3.33. The molecule has 2 aromatic carbocycles. The van der Waals surface area contributed by atoms with Crippen LogP contribution in [0.3, 0.4) is 0 Å². The summed E-state index contributed by atoms with van der Waals surface area (Å²) in [6.45, 7) is 1.81. The van der Waals surface area contributed by atoms with Crippen molar-refractivity contribution in [3.63, 3.8) is 0 Å². The van der Waals surface area contributed by atoms with E-state index in [1.54, 1.807) is 36.4 Å². The van der Waals surface area contributed by atoms with Crippen molar-refractivity contribution in [2.75, 3.05) is 18.1 Å². The third-order valence-electron chi connectivity index (χ3n) is 4.49. The Morgan fingerprint density at radius 2 is 1.82 bits per heavy atom. The van der Waals surface area contributed by atoms with Crippen LogP contribution in [0.1, 0.15) is 36.9 Å². The van der Waals surface area contributed by atoms with Gasteiger partial charge in [0.25, 0.3) is 0 Å². The number of ether oxygens (including phenoxy) is 1. The first-order valence-electron chi connectivity index (χ1n) is 8.92. The topological polar surface area (TPSA) is 88.1 Å². The number of hydrazone groups is 1. The van der Waals surface area contributed by atoms with Crippen molar-refractivity contribution < 1.29 is 17.9 Å². The summed E-state index contributed by atoms with van der Waals surface area (Å²) in [5.41, 5.74) is 3.10. The largest absolute Gasteiger partial charge is 0.497 e. The third kappa shape index (κ3) is 4.51. The number of sulfonamides is 1. The number of nitrogens with one attached hydrogen (secondary N) is 1. The number of nitrogens with zero attached hydrogens (tertiary/aromatic N) is 2. The Hall–Kier alpha value is -2.87. The number of hydrogen-bond donors (Lipinski definition) is 1. The maximum absolute atomic E-state index is 12.4. The summed E-state index contributed by atoms with van der Waals surface area (Å²) < 4.78 is 30.3. The fourth-order valence-electron chi connectivity index (χ4n) is 3.11. The Morgan fingerprint density at radius 1 is 1.18 bits per heavy atom. The first kappa shape index (κ1) is 19.9. The van der Waals surface area contributed by atoms with Crippen molar-refractivity contribution in [2.45, 2.75) is 25.8 Å². The summed E-state index contributed by atoms with van der Waals surface area (Å²) in [6.07, 6.45) is 2.05. The lowest BCUT2D eigenvalue weighted by Crippen LogP contribution is -2.26. The van der Waals surface area contributed by atoms with E-state index in [9.17, 15) is 13.2 Å². The molecule has 0 spiro atoms. The zero-order chi connectivity index (χ0) is 20.3. The van der Waals surface area contributed by atoms with Gasteiger partial charge in [-0.15, -0.1) is 0 Å². The quantitative estimate of drug-likeness (QED) is 0.805. The molecule has 1 unspecified atom stereocenters. The van der Waals surface area contributed by atoms with Crippen LogP contribution in [-0.4, -0.2) is 38.4 Å². The van der Waals surface area contributed by atoms with Gasteiger partial charge in [-0.2, -0.15) is 5.10 Å². The number of carbonyl (C=O) groups is 1. The van der Waals surface area contributed by atoms with E-state index in [2.05, 4.69) is 9.82 Å². The summed E-state index contributed by atoms with van der Waals surface area (Å²) in [5, 5.41) is 6.11. The molecule has 1 heterocycles. The van der Waals surface area contributed by atoms with Crippen LogP contribution in [0.4, 0.5) is 5.69 Å². The molecule has 1 aliphatic heterocycles. The molecule has 0 aromatic heterocycles. The van der Waals surface area contributed by atoms with E-state index in [1.807, 2.05) is 31.2 Å². The molecule has 0 fully saturated rings. The third-order valence-corrected chi connectivity index (χ3v) is 5.10. The van der Waals surface area contributed by atoms with E-state index >= 15 is 0 Å². The Morgan fingerprint density at radius 3 is 2.36 bits per heavy atom. The van der Waals surface area contributed by atoms with E-state index < -0.39 is 10.0 Å². The first-order valence-corrected chi connectivity index (χ1v) is 10.8. The average molecular weight is 401 g/mol. The SMILES string of the molecule is CCC(=O)N1N=C(c2ccc(NS(C)(=O)=O)cc2)CC1c1ccc(OC)cc1. The predicted octanol–water partition coefficient (Wildman–Crippen LogP) is 3.15. The van der Waals surface area contributed by atoms with Crippen LogP contribution < -0.4 is 9.46 Å². The zero-order valence-electron chi connectivity index (χ0n) is 16.0. The van der Waals surface area contributed by atoms with Gasteiger partial charge in [-0.1, -0.05) is 31.2 Å². The summed E-state index contributed by atoms with van der Waals surface area (Å²) in [4.78, 5) is 12.4.